The van der Waals surface area contributed by atoms with Gasteiger partial charge in [0.1, 0.15) is 5.82 Å². The van der Waals surface area contributed by atoms with Crippen LogP contribution in [-0.4, -0.2) is 41.6 Å². The Morgan fingerprint density at radius 1 is 1.00 bits per heavy atom. The number of rotatable bonds is 6. The van der Waals surface area contributed by atoms with Crippen LogP contribution in [0.15, 0.2) is 60.9 Å². The Hall–Kier alpha value is -2.95. The van der Waals surface area contributed by atoms with E-state index in [4.69, 9.17) is 9.97 Å². The summed E-state index contributed by atoms with van der Waals surface area (Å²) in [6.07, 6.45) is 7.07. The molecule has 5 nitrogen and oxygen atoms in total. The van der Waals surface area contributed by atoms with Crippen molar-refractivity contribution in [2.75, 3.05) is 36.5 Å². The molecule has 0 spiro atoms. The summed E-state index contributed by atoms with van der Waals surface area (Å²) < 4.78 is 0. The molecule has 1 aliphatic rings. The summed E-state index contributed by atoms with van der Waals surface area (Å²) in [6, 6.07) is 16.7. The maximum Gasteiger partial charge on any atom is 0.227 e. The Bertz CT molecular complexity index is 905. The molecule has 3 heterocycles. The molecule has 5 heteroatoms. The third kappa shape index (κ3) is 4.91. The van der Waals surface area contributed by atoms with Crippen LogP contribution in [-0.2, 0) is 6.42 Å². The van der Waals surface area contributed by atoms with E-state index in [9.17, 15) is 0 Å². The predicted molar refractivity (Wildman–Crippen MR) is 119 cm³/mol. The molecular formula is C24H29N5. The average molecular weight is 388 g/mol. The van der Waals surface area contributed by atoms with Gasteiger partial charge in [0, 0.05) is 50.7 Å². The van der Waals surface area contributed by atoms with Crippen molar-refractivity contribution in [3.05, 3.63) is 66.5 Å². The fourth-order valence-electron chi connectivity index (χ4n) is 3.70. The third-order valence-corrected chi connectivity index (χ3v) is 5.70. The fourth-order valence-corrected chi connectivity index (χ4v) is 3.70. The molecular weight excluding hydrogens is 358 g/mol. The van der Waals surface area contributed by atoms with Gasteiger partial charge >= 0.3 is 0 Å². The number of hydrogen-bond donors (Lipinski definition) is 0. The molecule has 4 rings (SSSR count). The van der Waals surface area contributed by atoms with E-state index in [2.05, 4.69) is 71.2 Å². The average Bonchev–Trinajstić information content (AvgIpc) is 2.79. The molecule has 0 amide bonds. The lowest BCUT2D eigenvalue weighted by Gasteiger charge is -2.32. The van der Waals surface area contributed by atoms with Gasteiger partial charge in [-0.2, -0.15) is 4.98 Å². The largest absolute Gasteiger partial charge is 0.356 e. The van der Waals surface area contributed by atoms with E-state index >= 15 is 0 Å². The number of hydrogen-bond acceptors (Lipinski definition) is 5. The Kier molecular flexibility index (Phi) is 6.03. The topological polar surface area (TPSA) is 45.2 Å². The Morgan fingerprint density at radius 2 is 1.72 bits per heavy atom. The first-order valence-electron chi connectivity index (χ1n) is 10.5. The molecule has 3 aromatic rings. The number of pyridine rings is 1. The molecule has 0 aliphatic carbocycles. The quantitative estimate of drug-likeness (QED) is 0.625. The van der Waals surface area contributed by atoms with Crippen LogP contribution in [0.5, 0.6) is 0 Å². The maximum absolute atomic E-state index is 4.95. The molecule has 0 saturated carbocycles. The van der Waals surface area contributed by atoms with Crippen molar-refractivity contribution in [1.82, 2.24) is 15.0 Å². The van der Waals surface area contributed by atoms with Crippen LogP contribution in [0.3, 0.4) is 0 Å². The van der Waals surface area contributed by atoms with Gasteiger partial charge in [0.15, 0.2) is 0 Å². The first-order valence-corrected chi connectivity index (χ1v) is 10.5. The van der Waals surface area contributed by atoms with Gasteiger partial charge in [0.05, 0.1) is 5.69 Å². The zero-order chi connectivity index (χ0) is 20.1. The minimum Gasteiger partial charge on any atom is -0.356 e. The number of anilines is 2. The lowest BCUT2D eigenvalue weighted by Crippen LogP contribution is -2.34. The van der Waals surface area contributed by atoms with Crippen molar-refractivity contribution in [2.24, 2.45) is 5.92 Å². The van der Waals surface area contributed by atoms with E-state index in [0.717, 1.165) is 55.0 Å². The molecule has 1 aromatic carbocycles. The van der Waals surface area contributed by atoms with Gasteiger partial charge in [-0.15, -0.1) is 0 Å². The molecule has 1 fully saturated rings. The van der Waals surface area contributed by atoms with Crippen molar-refractivity contribution in [2.45, 2.75) is 26.2 Å². The van der Waals surface area contributed by atoms with Crippen LogP contribution in [0.4, 0.5) is 11.8 Å². The molecule has 0 N–H and O–H groups in total. The summed E-state index contributed by atoms with van der Waals surface area (Å²) in [4.78, 5) is 18.5. The minimum absolute atomic E-state index is 0.786. The highest BCUT2D eigenvalue weighted by Crippen LogP contribution is 2.27. The minimum atomic E-state index is 0.786. The molecule has 0 radical (unpaired) electrons. The van der Waals surface area contributed by atoms with Crippen LogP contribution in [0.1, 0.15) is 25.3 Å². The molecule has 0 bridgehead atoms. The highest BCUT2D eigenvalue weighted by Gasteiger charge is 2.19. The summed E-state index contributed by atoms with van der Waals surface area (Å²) in [5, 5.41) is 0. The van der Waals surface area contributed by atoms with E-state index in [-0.39, 0.29) is 0 Å². The van der Waals surface area contributed by atoms with E-state index in [0.29, 0.717) is 0 Å². The van der Waals surface area contributed by atoms with Crippen LogP contribution in [0, 0.1) is 5.92 Å². The number of benzene rings is 1. The lowest BCUT2D eigenvalue weighted by molar-refractivity contribution is 0.436. The lowest BCUT2D eigenvalue weighted by atomic mass is 9.99. The Labute approximate surface area is 173 Å². The molecule has 1 saturated heterocycles. The second-order valence-electron chi connectivity index (χ2n) is 7.97. The van der Waals surface area contributed by atoms with Gasteiger partial charge in [0.25, 0.3) is 0 Å². The number of aromatic nitrogens is 3. The third-order valence-electron chi connectivity index (χ3n) is 5.70. The summed E-state index contributed by atoms with van der Waals surface area (Å²) in [6.45, 7) is 5.32. The van der Waals surface area contributed by atoms with Crippen LogP contribution >= 0.6 is 0 Å². The standard InChI is InChI=1S/C24H29N5/c1-19-10-16-29(17-11-19)23-18-22(21-6-4-3-5-7-21)26-24(27-23)28(2)15-12-20-8-13-25-14-9-20/h3-9,13-14,18-19H,10-12,15-17H2,1-2H3. The molecule has 0 unspecified atom stereocenters. The maximum atomic E-state index is 4.95. The van der Waals surface area contributed by atoms with Crippen LogP contribution in [0.25, 0.3) is 11.3 Å². The monoisotopic (exact) mass is 387 g/mol. The Balaban J connectivity index is 1.60. The fraction of sp³-hybridized carbons (Fsp3) is 0.375. The van der Waals surface area contributed by atoms with Crippen molar-refractivity contribution in [3.8, 4) is 11.3 Å². The molecule has 150 valence electrons. The molecule has 0 atom stereocenters. The summed E-state index contributed by atoms with van der Waals surface area (Å²) >= 11 is 0. The normalized spacial score (nSPS) is 14.8. The second kappa shape index (κ2) is 9.03. The zero-order valence-electron chi connectivity index (χ0n) is 17.3. The van der Waals surface area contributed by atoms with Gasteiger partial charge in [-0.1, -0.05) is 37.3 Å². The van der Waals surface area contributed by atoms with E-state index in [1.165, 1.54) is 18.4 Å². The molecule has 1 aliphatic heterocycles. The van der Waals surface area contributed by atoms with Gasteiger partial charge in [-0.3, -0.25) is 4.98 Å². The van der Waals surface area contributed by atoms with Crippen molar-refractivity contribution < 1.29 is 0 Å². The second-order valence-corrected chi connectivity index (χ2v) is 7.97. The van der Waals surface area contributed by atoms with Crippen LogP contribution in [0.2, 0.25) is 0 Å². The first-order chi connectivity index (χ1) is 14.2. The highest BCUT2D eigenvalue weighted by atomic mass is 15.3. The first kappa shape index (κ1) is 19.4. The SMILES string of the molecule is CC1CCN(c2cc(-c3ccccc3)nc(N(C)CCc3ccncc3)n2)CC1. The van der Waals surface area contributed by atoms with E-state index in [1.807, 2.05) is 18.5 Å². The highest BCUT2D eigenvalue weighted by molar-refractivity contribution is 5.65. The number of likely N-dealkylation sites (N-methyl/N-ethyl adjacent to an activating group) is 1. The molecule has 2 aromatic heterocycles. The number of nitrogens with zero attached hydrogens (tertiary/aromatic N) is 5. The zero-order valence-corrected chi connectivity index (χ0v) is 17.3. The predicted octanol–water partition coefficient (Wildman–Crippen LogP) is 4.45. The summed E-state index contributed by atoms with van der Waals surface area (Å²) in [5.41, 5.74) is 3.39. The van der Waals surface area contributed by atoms with Gasteiger partial charge in [-0.25, -0.2) is 4.98 Å². The van der Waals surface area contributed by atoms with Crippen LogP contribution < -0.4 is 9.80 Å². The summed E-state index contributed by atoms with van der Waals surface area (Å²) in [7, 11) is 2.08. The van der Waals surface area contributed by atoms with Gasteiger partial charge in [-0.05, 0) is 42.9 Å². The smallest absolute Gasteiger partial charge is 0.227 e. The summed E-state index contributed by atoms with van der Waals surface area (Å²) in [5.74, 6) is 2.62. The van der Waals surface area contributed by atoms with Crippen molar-refractivity contribution in [1.29, 1.82) is 0 Å². The van der Waals surface area contributed by atoms with E-state index in [1.54, 1.807) is 0 Å². The van der Waals surface area contributed by atoms with Crippen molar-refractivity contribution in [3.63, 3.8) is 0 Å². The van der Waals surface area contributed by atoms with Gasteiger partial charge in [0.2, 0.25) is 5.95 Å². The Morgan fingerprint density at radius 3 is 2.45 bits per heavy atom. The van der Waals surface area contributed by atoms with E-state index < -0.39 is 0 Å². The van der Waals surface area contributed by atoms with Crippen molar-refractivity contribution >= 4 is 11.8 Å². The molecule has 29 heavy (non-hydrogen) atoms. The van der Waals surface area contributed by atoms with Gasteiger partial charge < -0.3 is 9.80 Å². The number of piperidine rings is 1.